The van der Waals surface area contributed by atoms with Gasteiger partial charge in [-0.05, 0) is 18.2 Å². The molecule has 104 valence electrons. The van der Waals surface area contributed by atoms with Crippen LogP contribution in [0.25, 0.3) is 0 Å². The molecular weight excluding hydrogens is 369 g/mol. The minimum absolute atomic E-state index is 0. The van der Waals surface area contributed by atoms with Crippen LogP contribution in [-0.2, 0) is 11.3 Å². The number of carbonyl (C=O) groups is 2. The predicted molar refractivity (Wildman–Crippen MR) is 70.2 cm³/mol. The second-order valence-corrected chi connectivity index (χ2v) is 4.05. The van der Waals surface area contributed by atoms with Gasteiger partial charge in [-0.2, -0.15) is 4.57 Å². The Hall–Kier alpha value is -1.96. The largest absolute Gasteiger partial charge is 1.00 e. The third kappa shape index (κ3) is 4.61. The molecular formula is C14H14IN3O2. The summed E-state index contributed by atoms with van der Waals surface area (Å²) in [6.07, 6.45) is 3.37. The topological polar surface area (TPSA) is 76.1 Å². The zero-order valence-electron chi connectivity index (χ0n) is 10.6. The Labute approximate surface area is 133 Å². The highest BCUT2D eigenvalue weighted by Crippen LogP contribution is 2.06. The number of benzene rings is 1. The quantitative estimate of drug-likeness (QED) is 0.461. The van der Waals surface area contributed by atoms with Gasteiger partial charge in [0.2, 0.25) is 6.54 Å². The molecule has 2 amide bonds. The van der Waals surface area contributed by atoms with Crippen LogP contribution in [0.2, 0.25) is 0 Å². The van der Waals surface area contributed by atoms with Crippen molar-refractivity contribution in [3.05, 3.63) is 60.4 Å². The van der Waals surface area contributed by atoms with Gasteiger partial charge in [-0.1, -0.05) is 18.2 Å². The minimum Gasteiger partial charge on any atom is -1.00 e. The summed E-state index contributed by atoms with van der Waals surface area (Å²) in [5.41, 5.74) is 6.31. The number of pyridine rings is 1. The van der Waals surface area contributed by atoms with E-state index in [4.69, 9.17) is 5.73 Å². The number of nitrogens with one attached hydrogen (secondary N) is 1. The molecule has 0 saturated carbocycles. The van der Waals surface area contributed by atoms with Crippen LogP contribution in [0.15, 0.2) is 54.9 Å². The van der Waals surface area contributed by atoms with E-state index < -0.39 is 5.91 Å². The molecule has 2 aromatic rings. The summed E-state index contributed by atoms with van der Waals surface area (Å²) in [4.78, 5) is 22.8. The first kappa shape index (κ1) is 16.1. The van der Waals surface area contributed by atoms with Crippen molar-refractivity contribution < 1.29 is 38.1 Å². The molecule has 1 aromatic carbocycles. The van der Waals surface area contributed by atoms with Crippen LogP contribution in [0.1, 0.15) is 10.4 Å². The summed E-state index contributed by atoms with van der Waals surface area (Å²) in [7, 11) is 0. The molecule has 0 aliphatic rings. The van der Waals surface area contributed by atoms with Gasteiger partial charge >= 0.3 is 0 Å². The molecule has 0 saturated heterocycles. The van der Waals surface area contributed by atoms with Gasteiger partial charge in [-0.15, -0.1) is 0 Å². The first-order chi connectivity index (χ1) is 9.15. The van der Waals surface area contributed by atoms with Crippen LogP contribution in [0.4, 0.5) is 5.69 Å². The maximum atomic E-state index is 11.9. The number of nitrogens with zero attached hydrogens (tertiary/aromatic N) is 1. The molecule has 0 radical (unpaired) electrons. The van der Waals surface area contributed by atoms with Crippen LogP contribution in [0.3, 0.4) is 0 Å². The Morgan fingerprint density at radius 3 is 2.45 bits per heavy atom. The molecule has 0 atom stereocenters. The average molecular weight is 383 g/mol. The number of carbonyl (C=O) groups excluding carboxylic acids is 2. The number of rotatable bonds is 4. The maximum absolute atomic E-state index is 11.9. The molecule has 5 nitrogen and oxygen atoms in total. The highest BCUT2D eigenvalue weighted by molar-refractivity contribution is 6.04. The summed E-state index contributed by atoms with van der Waals surface area (Å²) < 4.78 is 1.61. The number of nitrogens with two attached hydrogens (primary N) is 1. The van der Waals surface area contributed by atoms with Gasteiger partial charge in [0.05, 0.1) is 0 Å². The molecule has 6 heteroatoms. The molecule has 0 unspecified atom stereocenters. The highest BCUT2D eigenvalue weighted by atomic mass is 127. The average Bonchev–Trinajstić information content (AvgIpc) is 2.39. The second kappa shape index (κ2) is 7.59. The molecule has 3 N–H and O–H groups in total. The number of hydrogen-bond donors (Lipinski definition) is 2. The molecule has 0 spiro atoms. The molecule has 2 rings (SSSR count). The third-order valence-corrected chi connectivity index (χ3v) is 2.49. The van der Waals surface area contributed by atoms with Crippen LogP contribution in [0.5, 0.6) is 0 Å². The van der Waals surface area contributed by atoms with Crippen molar-refractivity contribution in [2.75, 3.05) is 5.32 Å². The summed E-state index contributed by atoms with van der Waals surface area (Å²) >= 11 is 0. The van der Waals surface area contributed by atoms with E-state index >= 15 is 0 Å². The lowest BCUT2D eigenvalue weighted by atomic mass is 10.2. The first-order valence-corrected chi connectivity index (χ1v) is 5.79. The lowest BCUT2D eigenvalue weighted by molar-refractivity contribution is -0.683. The highest BCUT2D eigenvalue weighted by Gasteiger charge is 2.09. The van der Waals surface area contributed by atoms with E-state index in [2.05, 4.69) is 5.32 Å². The SMILES string of the molecule is NC(=O)C[n+]1cccc(NC(=O)c2ccccc2)c1.[I-]. The predicted octanol–water partition coefficient (Wildman–Crippen LogP) is -2.28. The molecule has 1 heterocycles. The molecule has 0 aliphatic carbocycles. The fraction of sp³-hybridized carbons (Fsp3) is 0.0714. The van der Waals surface area contributed by atoms with Gasteiger partial charge in [0.1, 0.15) is 5.69 Å². The second-order valence-electron chi connectivity index (χ2n) is 4.05. The van der Waals surface area contributed by atoms with Crippen molar-refractivity contribution in [2.45, 2.75) is 6.54 Å². The maximum Gasteiger partial charge on any atom is 0.283 e. The Bertz CT molecular complexity index is 602. The van der Waals surface area contributed by atoms with Crippen LogP contribution in [0, 0.1) is 0 Å². The number of hydrogen-bond acceptors (Lipinski definition) is 2. The smallest absolute Gasteiger partial charge is 0.283 e. The first-order valence-electron chi connectivity index (χ1n) is 5.79. The number of amides is 2. The Morgan fingerprint density at radius 1 is 1.10 bits per heavy atom. The molecule has 20 heavy (non-hydrogen) atoms. The number of anilines is 1. The van der Waals surface area contributed by atoms with Crippen molar-refractivity contribution in [3.63, 3.8) is 0 Å². The van der Waals surface area contributed by atoms with Crippen molar-refractivity contribution >= 4 is 17.5 Å². The lowest BCUT2D eigenvalue weighted by Crippen LogP contribution is -3.00. The van der Waals surface area contributed by atoms with E-state index in [9.17, 15) is 9.59 Å². The number of halogens is 1. The van der Waals surface area contributed by atoms with Gasteiger partial charge in [0.25, 0.3) is 11.8 Å². The van der Waals surface area contributed by atoms with Crippen LogP contribution in [-0.4, -0.2) is 11.8 Å². The number of aromatic nitrogens is 1. The third-order valence-electron chi connectivity index (χ3n) is 2.49. The van der Waals surface area contributed by atoms with Crippen molar-refractivity contribution in [1.29, 1.82) is 0 Å². The summed E-state index contributed by atoms with van der Waals surface area (Å²) in [5.74, 6) is -0.631. The Morgan fingerprint density at radius 2 is 1.80 bits per heavy atom. The molecule has 0 bridgehead atoms. The summed E-state index contributed by atoms with van der Waals surface area (Å²) in [5, 5.41) is 2.76. The van der Waals surface area contributed by atoms with Crippen molar-refractivity contribution in [2.24, 2.45) is 5.73 Å². The minimum atomic E-state index is -0.434. The zero-order valence-corrected chi connectivity index (χ0v) is 12.8. The monoisotopic (exact) mass is 383 g/mol. The molecule has 0 aliphatic heterocycles. The molecule has 1 aromatic heterocycles. The van der Waals surface area contributed by atoms with E-state index in [1.165, 1.54) is 0 Å². The van der Waals surface area contributed by atoms with Crippen LogP contribution < -0.4 is 39.6 Å². The van der Waals surface area contributed by atoms with E-state index in [-0.39, 0.29) is 36.4 Å². The standard InChI is InChI=1S/C14H13N3O2.HI/c15-13(18)10-17-8-4-7-12(9-17)16-14(19)11-5-2-1-3-6-11;/h1-9H,10H2,(H2-,15,16,18,19);1H. The molecule has 0 fully saturated rings. The number of primary amides is 1. The van der Waals surface area contributed by atoms with Gasteiger partial charge in [-0.3, -0.25) is 9.59 Å². The van der Waals surface area contributed by atoms with Gasteiger partial charge in [0.15, 0.2) is 12.4 Å². The summed E-state index contributed by atoms with van der Waals surface area (Å²) in [6, 6.07) is 12.4. The normalized spacial score (nSPS) is 9.40. The zero-order chi connectivity index (χ0) is 13.7. The van der Waals surface area contributed by atoms with E-state index in [1.807, 2.05) is 6.07 Å². The van der Waals surface area contributed by atoms with Crippen molar-refractivity contribution in [1.82, 2.24) is 0 Å². The van der Waals surface area contributed by atoms with Gasteiger partial charge in [0, 0.05) is 11.6 Å². The Kier molecular flexibility index (Phi) is 6.10. The van der Waals surface area contributed by atoms with E-state index in [0.29, 0.717) is 11.3 Å². The van der Waals surface area contributed by atoms with Gasteiger partial charge < -0.3 is 35.0 Å². The fourth-order valence-electron chi connectivity index (χ4n) is 1.67. The van der Waals surface area contributed by atoms with Crippen LogP contribution >= 0.6 is 0 Å². The fourth-order valence-corrected chi connectivity index (χ4v) is 1.67. The van der Waals surface area contributed by atoms with Crippen molar-refractivity contribution in [3.8, 4) is 0 Å². The van der Waals surface area contributed by atoms with E-state index in [0.717, 1.165) is 0 Å². The van der Waals surface area contributed by atoms with E-state index in [1.54, 1.807) is 53.4 Å². The summed E-state index contributed by atoms with van der Waals surface area (Å²) in [6.45, 7) is 0.0784. The van der Waals surface area contributed by atoms with Gasteiger partial charge in [-0.25, -0.2) is 0 Å². The lowest BCUT2D eigenvalue weighted by Gasteiger charge is -2.03. The Balaban J connectivity index is 0.00000200.